The summed E-state index contributed by atoms with van der Waals surface area (Å²) in [6.07, 6.45) is 32.0. The van der Waals surface area contributed by atoms with Crippen molar-refractivity contribution in [2.75, 3.05) is 0 Å². The summed E-state index contributed by atoms with van der Waals surface area (Å²) < 4.78 is 6.62. The molecular formula is C28H58Sn. The average Bonchev–Trinajstić information content (AvgIpc) is 2.68. The van der Waals surface area contributed by atoms with Gasteiger partial charge in [0.1, 0.15) is 0 Å². The summed E-state index contributed by atoms with van der Waals surface area (Å²) in [5, 5.41) is 0. The Kier molecular flexibility index (Phi) is 18.7. The van der Waals surface area contributed by atoms with E-state index in [4.69, 9.17) is 0 Å². The molecule has 0 atom stereocenters. The monoisotopic (exact) mass is 514 g/mol. The standard InChI is InChI=1S/3C8H17.C4H7.Sn/c3*1-3-5-7-8-6-4-2;1-2-4-3-1;/h3*1,3-8H2,2H3;1H,2-4H2;. The van der Waals surface area contributed by atoms with Gasteiger partial charge in [-0.1, -0.05) is 0 Å². The van der Waals surface area contributed by atoms with Gasteiger partial charge in [-0.2, -0.15) is 0 Å². The van der Waals surface area contributed by atoms with Gasteiger partial charge in [-0.25, -0.2) is 0 Å². The molecule has 1 aliphatic rings. The van der Waals surface area contributed by atoms with Crippen LogP contribution in [0.2, 0.25) is 17.2 Å². The molecule has 1 heteroatoms. The zero-order valence-corrected chi connectivity index (χ0v) is 23.9. The number of rotatable bonds is 22. The van der Waals surface area contributed by atoms with Crippen molar-refractivity contribution >= 4 is 18.4 Å². The van der Waals surface area contributed by atoms with Crippen molar-refractivity contribution in [3.05, 3.63) is 0 Å². The molecule has 1 saturated carbocycles. The first-order valence-electron chi connectivity index (χ1n) is 14.3. The molecule has 0 aliphatic heterocycles. The Morgan fingerprint density at radius 1 is 0.448 bits per heavy atom. The van der Waals surface area contributed by atoms with Crippen LogP contribution < -0.4 is 0 Å². The SMILES string of the molecule is CCCCCCC[CH2][Sn]([CH2]CCCCCCC)([CH2]CCCCCCC)[CH]1CCC1. The van der Waals surface area contributed by atoms with E-state index in [1.807, 2.05) is 0 Å². The van der Waals surface area contributed by atoms with Crippen LogP contribution in [0, 0.1) is 0 Å². The molecule has 0 nitrogen and oxygen atoms in total. The van der Waals surface area contributed by atoms with Gasteiger partial charge in [-0.3, -0.25) is 0 Å². The van der Waals surface area contributed by atoms with Gasteiger partial charge in [0, 0.05) is 0 Å². The molecule has 174 valence electrons. The van der Waals surface area contributed by atoms with Gasteiger partial charge in [0.2, 0.25) is 0 Å². The van der Waals surface area contributed by atoms with Crippen LogP contribution in [0.15, 0.2) is 0 Å². The van der Waals surface area contributed by atoms with E-state index in [9.17, 15) is 0 Å². The molecule has 0 saturated heterocycles. The molecule has 0 amide bonds. The molecule has 0 radical (unpaired) electrons. The van der Waals surface area contributed by atoms with Crippen molar-refractivity contribution in [1.82, 2.24) is 0 Å². The maximum atomic E-state index is 2.35. The van der Waals surface area contributed by atoms with Crippen molar-refractivity contribution in [2.24, 2.45) is 0 Å². The summed E-state index contributed by atoms with van der Waals surface area (Å²) in [6, 6.07) is 0. The molecule has 1 aliphatic carbocycles. The minimum absolute atomic E-state index is 1.30. The predicted octanol–water partition coefficient (Wildman–Crippen LogP) is 11.1. The summed E-state index contributed by atoms with van der Waals surface area (Å²) in [4.78, 5) is 0. The topological polar surface area (TPSA) is 0 Å². The Bertz CT molecular complexity index is 292. The molecule has 0 spiro atoms. The van der Waals surface area contributed by atoms with Crippen LogP contribution in [0.25, 0.3) is 0 Å². The molecule has 0 aromatic rings. The summed E-state index contributed by atoms with van der Waals surface area (Å²) in [5.41, 5.74) is 0. The fraction of sp³-hybridized carbons (Fsp3) is 1.00. The molecule has 0 N–H and O–H groups in total. The van der Waals surface area contributed by atoms with Gasteiger partial charge in [0.25, 0.3) is 0 Å². The number of unbranched alkanes of at least 4 members (excludes halogenated alkanes) is 15. The summed E-state index contributed by atoms with van der Waals surface area (Å²) in [6.45, 7) is 7.04. The molecule has 0 aromatic carbocycles. The van der Waals surface area contributed by atoms with Crippen LogP contribution in [-0.2, 0) is 0 Å². The summed E-state index contributed by atoms with van der Waals surface area (Å²) >= 11 is -1.91. The Morgan fingerprint density at radius 3 is 1.03 bits per heavy atom. The van der Waals surface area contributed by atoms with E-state index in [1.54, 1.807) is 71.1 Å². The van der Waals surface area contributed by atoms with Crippen molar-refractivity contribution in [1.29, 1.82) is 0 Å². The van der Waals surface area contributed by atoms with Crippen LogP contribution in [-0.4, -0.2) is 18.4 Å². The zero-order valence-electron chi connectivity index (χ0n) is 21.0. The molecule has 0 heterocycles. The van der Waals surface area contributed by atoms with Crippen molar-refractivity contribution in [3.63, 3.8) is 0 Å². The number of hydrogen-bond donors (Lipinski definition) is 0. The van der Waals surface area contributed by atoms with Crippen molar-refractivity contribution in [2.45, 2.75) is 173 Å². The van der Waals surface area contributed by atoms with Gasteiger partial charge in [-0.15, -0.1) is 0 Å². The van der Waals surface area contributed by atoms with Gasteiger partial charge >= 0.3 is 191 Å². The van der Waals surface area contributed by atoms with E-state index < -0.39 is 18.4 Å². The third-order valence-electron chi connectivity index (χ3n) is 8.06. The summed E-state index contributed by atoms with van der Waals surface area (Å²) in [7, 11) is 0. The first kappa shape index (κ1) is 27.8. The van der Waals surface area contributed by atoms with Gasteiger partial charge in [-0.05, 0) is 0 Å². The Hall–Kier alpha value is 0.799. The quantitative estimate of drug-likeness (QED) is 0.0998. The first-order chi connectivity index (χ1) is 14.3. The van der Waals surface area contributed by atoms with E-state index in [0.29, 0.717) is 0 Å². The van der Waals surface area contributed by atoms with E-state index in [0.717, 1.165) is 0 Å². The van der Waals surface area contributed by atoms with Gasteiger partial charge in [0.05, 0.1) is 0 Å². The fourth-order valence-corrected chi connectivity index (χ4v) is 24.2. The average molecular weight is 513 g/mol. The Balaban J connectivity index is 2.48. The first-order valence-corrected chi connectivity index (χ1v) is 22.0. The fourth-order valence-electron chi connectivity index (χ4n) is 5.78. The predicted molar refractivity (Wildman–Crippen MR) is 138 cm³/mol. The Labute approximate surface area is 190 Å². The maximum absolute atomic E-state index is 2.35. The molecular weight excluding hydrogens is 455 g/mol. The van der Waals surface area contributed by atoms with Crippen molar-refractivity contribution in [3.8, 4) is 0 Å². The molecule has 0 unspecified atom stereocenters. The molecule has 0 bridgehead atoms. The zero-order chi connectivity index (χ0) is 21.0. The van der Waals surface area contributed by atoms with E-state index in [2.05, 4.69) is 20.8 Å². The van der Waals surface area contributed by atoms with Crippen LogP contribution in [0.4, 0.5) is 0 Å². The van der Waals surface area contributed by atoms with Crippen LogP contribution in [0.5, 0.6) is 0 Å². The molecule has 1 rings (SSSR count). The van der Waals surface area contributed by atoms with E-state index >= 15 is 0 Å². The van der Waals surface area contributed by atoms with Gasteiger partial charge < -0.3 is 0 Å². The van der Waals surface area contributed by atoms with Crippen molar-refractivity contribution < 1.29 is 0 Å². The van der Waals surface area contributed by atoms with Crippen LogP contribution >= 0.6 is 0 Å². The third-order valence-corrected chi connectivity index (χ3v) is 26.2. The summed E-state index contributed by atoms with van der Waals surface area (Å²) in [5.74, 6) is 0. The van der Waals surface area contributed by atoms with E-state index in [1.165, 1.54) is 81.0 Å². The minimum atomic E-state index is -1.91. The molecule has 1 fully saturated rings. The second-order valence-corrected chi connectivity index (χ2v) is 24.9. The third kappa shape index (κ3) is 13.1. The van der Waals surface area contributed by atoms with Crippen LogP contribution in [0.3, 0.4) is 0 Å². The second kappa shape index (κ2) is 19.5. The van der Waals surface area contributed by atoms with Gasteiger partial charge in [0.15, 0.2) is 0 Å². The molecule has 29 heavy (non-hydrogen) atoms. The normalized spacial score (nSPS) is 15.0. The Morgan fingerprint density at radius 2 is 0.759 bits per heavy atom. The molecule has 0 aromatic heterocycles. The van der Waals surface area contributed by atoms with Crippen LogP contribution in [0.1, 0.15) is 156 Å². The van der Waals surface area contributed by atoms with E-state index in [-0.39, 0.29) is 0 Å². The number of hydrogen-bond acceptors (Lipinski definition) is 0. The second-order valence-electron chi connectivity index (χ2n) is 10.5.